The van der Waals surface area contributed by atoms with Gasteiger partial charge in [-0.15, -0.1) is 0 Å². The summed E-state index contributed by atoms with van der Waals surface area (Å²) in [5.74, 6) is -4.05. The van der Waals surface area contributed by atoms with Gasteiger partial charge in [0.15, 0.2) is 23.3 Å². The van der Waals surface area contributed by atoms with Gasteiger partial charge in [0, 0.05) is 25.7 Å². The van der Waals surface area contributed by atoms with E-state index in [-0.39, 0.29) is 23.5 Å². The molecule has 0 spiro atoms. The molecule has 0 saturated carbocycles. The van der Waals surface area contributed by atoms with E-state index in [0.29, 0.717) is 12.1 Å². The molecule has 2 aliphatic heterocycles. The lowest BCUT2D eigenvalue weighted by molar-refractivity contribution is -0.931. The molecule has 29 heavy (non-hydrogen) atoms. The van der Waals surface area contributed by atoms with Crippen LogP contribution in [0.2, 0.25) is 0 Å². The lowest BCUT2D eigenvalue weighted by atomic mass is 9.75. The first kappa shape index (κ1) is 20.4. The molecular formula is C23H26F4NO+. The summed E-state index contributed by atoms with van der Waals surface area (Å²) in [6.07, 6.45) is 4.31. The van der Waals surface area contributed by atoms with Crippen molar-refractivity contribution >= 4 is 0 Å². The van der Waals surface area contributed by atoms with Crippen molar-refractivity contribution in [1.29, 1.82) is 0 Å². The van der Waals surface area contributed by atoms with Crippen LogP contribution in [-0.4, -0.2) is 35.8 Å². The summed E-state index contributed by atoms with van der Waals surface area (Å²) in [4.78, 5) is 0. The smallest absolute Gasteiger partial charge is 0.159 e. The van der Waals surface area contributed by atoms with Gasteiger partial charge < -0.3 is 9.59 Å². The molecule has 156 valence electrons. The van der Waals surface area contributed by atoms with Gasteiger partial charge in [0.05, 0.1) is 26.2 Å². The number of quaternary nitrogens is 1. The maximum Gasteiger partial charge on any atom is 0.159 e. The minimum atomic E-state index is -1.73. The van der Waals surface area contributed by atoms with E-state index in [2.05, 4.69) is 14.1 Å². The lowest BCUT2D eigenvalue weighted by Crippen LogP contribution is -2.55. The molecule has 2 bridgehead atoms. The molecule has 1 N–H and O–H groups in total. The second kappa shape index (κ2) is 7.10. The van der Waals surface area contributed by atoms with E-state index >= 15 is 0 Å². The third-order valence-corrected chi connectivity index (χ3v) is 7.30. The zero-order valence-electron chi connectivity index (χ0n) is 16.6. The average molecular weight is 408 g/mol. The molecule has 0 radical (unpaired) electrons. The molecule has 4 rings (SSSR count). The van der Waals surface area contributed by atoms with Crippen molar-refractivity contribution in [3.8, 4) is 0 Å². The summed E-state index contributed by atoms with van der Waals surface area (Å²) in [5, 5.41) is 11.7. The number of nitrogens with zero attached hydrogens (tertiary/aromatic N) is 1. The summed E-state index contributed by atoms with van der Waals surface area (Å²) in [6, 6.07) is 7.42. The van der Waals surface area contributed by atoms with Crippen LogP contribution in [0.25, 0.3) is 0 Å². The fourth-order valence-corrected chi connectivity index (χ4v) is 5.49. The van der Waals surface area contributed by atoms with Gasteiger partial charge in [-0.2, -0.15) is 0 Å². The van der Waals surface area contributed by atoms with E-state index in [1.807, 2.05) is 0 Å². The second-order valence-corrected chi connectivity index (χ2v) is 9.17. The van der Waals surface area contributed by atoms with Crippen LogP contribution in [0.5, 0.6) is 0 Å². The van der Waals surface area contributed by atoms with E-state index < -0.39 is 28.9 Å². The molecule has 0 unspecified atom stereocenters. The summed E-state index contributed by atoms with van der Waals surface area (Å²) >= 11 is 0. The van der Waals surface area contributed by atoms with Gasteiger partial charge in [0.2, 0.25) is 0 Å². The molecule has 2 aromatic rings. The van der Waals surface area contributed by atoms with Crippen molar-refractivity contribution in [1.82, 2.24) is 0 Å². The van der Waals surface area contributed by atoms with Crippen LogP contribution in [0, 0.1) is 29.2 Å². The highest BCUT2D eigenvalue weighted by molar-refractivity contribution is 5.37. The van der Waals surface area contributed by atoms with Gasteiger partial charge in [-0.05, 0) is 47.7 Å². The monoisotopic (exact) mass is 408 g/mol. The van der Waals surface area contributed by atoms with Crippen molar-refractivity contribution in [2.24, 2.45) is 5.92 Å². The maximum atomic E-state index is 14.0. The van der Waals surface area contributed by atoms with Crippen LogP contribution >= 0.6 is 0 Å². The molecule has 2 aliphatic rings. The Bertz CT molecular complexity index is 862. The number of rotatable bonds is 4. The Kier molecular flexibility index (Phi) is 4.98. The van der Waals surface area contributed by atoms with E-state index in [9.17, 15) is 22.7 Å². The van der Waals surface area contributed by atoms with Crippen molar-refractivity contribution < 1.29 is 27.2 Å². The molecule has 2 heterocycles. The lowest BCUT2D eigenvalue weighted by Gasteiger charge is -2.46. The van der Waals surface area contributed by atoms with Crippen LogP contribution in [-0.2, 0) is 5.60 Å². The quantitative estimate of drug-likeness (QED) is 0.564. The number of aliphatic hydroxyl groups is 1. The highest BCUT2D eigenvalue weighted by atomic mass is 19.2. The molecule has 0 aromatic heterocycles. The largest absolute Gasteiger partial charge is 0.380 e. The third kappa shape index (κ3) is 3.46. The van der Waals surface area contributed by atoms with Crippen molar-refractivity contribution in [3.05, 3.63) is 70.8 Å². The van der Waals surface area contributed by atoms with Crippen LogP contribution < -0.4 is 0 Å². The number of halogens is 4. The summed E-state index contributed by atoms with van der Waals surface area (Å²) in [5.41, 5.74) is -1.44. The topological polar surface area (TPSA) is 20.2 Å². The number of benzene rings is 2. The fourth-order valence-electron chi connectivity index (χ4n) is 5.49. The predicted molar refractivity (Wildman–Crippen MR) is 102 cm³/mol. The summed E-state index contributed by atoms with van der Waals surface area (Å²) in [6.45, 7) is 0. The minimum absolute atomic E-state index is 0.143. The molecule has 0 aliphatic carbocycles. The Morgan fingerprint density at radius 2 is 1.28 bits per heavy atom. The standard InChI is InChI=1S/C23H26F4NO/c1-28(2)17-5-6-18(28)10-14(9-17)13-23(29,15-3-7-19(24)21(26)11-15)16-4-8-20(25)22(27)12-16/h3-4,7-8,11-12,14,17-18,29H,5-6,9-10,13H2,1-2H3/q+1/t17-,18-/m1/s1. The number of fused-ring (bicyclic) bond motifs is 2. The maximum absolute atomic E-state index is 14.0. The van der Waals surface area contributed by atoms with E-state index in [1.165, 1.54) is 12.1 Å². The zero-order chi connectivity index (χ0) is 21.0. The van der Waals surface area contributed by atoms with E-state index in [4.69, 9.17) is 0 Å². The first-order valence-corrected chi connectivity index (χ1v) is 10.1. The van der Waals surface area contributed by atoms with Crippen LogP contribution in [0.3, 0.4) is 0 Å². The van der Waals surface area contributed by atoms with Crippen LogP contribution in [0.4, 0.5) is 17.6 Å². The van der Waals surface area contributed by atoms with Crippen molar-refractivity contribution in [2.45, 2.75) is 49.8 Å². The average Bonchev–Trinajstić information content (AvgIpc) is 2.83. The minimum Gasteiger partial charge on any atom is -0.380 e. The normalized spacial score (nSPS) is 26.0. The molecule has 0 amide bonds. The number of piperidine rings is 1. The third-order valence-electron chi connectivity index (χ3n) is 7.30. The molecule has 2 atom stereocenters. The second-order valence-electron chi connectivity index (χ2n) is 9.17. The number of hydrogen-bond acceptors (Lipinski definition) is 1. The van der Waals surface area contributed by atoms with Gasteiger partial charge in [-0.3, -0.25) is 0 Å². The van der Waals surface area contributed by atoms with Crippen LogP contribution in [0.1, 0.15) is 43.2 Å². The van der Waals surface area contributed by atoms with Gasteiger partial charge in [-0.1, -0.05) is 12.1 Å². The van der Waals surface area contributed by atoms with Gasteiger partial charge >= 0.3 is 0 Å². The highest BCUT2D eigenvalue weighted by Gasteiger charge is 2.50. The first-order chi connectivity index (χ1) is 13.6. The Balaban J connectivity index is 1.72. The van der Waals surface area contributed by atoms with Gasteiger partial charge in [0.25, 0.3) is 0 Å². The molecule has 6 heteroatoms. The molecule has 2 fully saturated rings. The Hall–Kier alpha value is -1.92. The Labute approximate surface area is 168 Å². The molecule has 2 aromatic carbocycles. The zero-order valence-corrected chi connectivity index (χ0v) is 16.6. The van der Waals surface area contributed by atoms with Crippen molar-refractivity contribution in [2.75, 3.05) is 14.1 Å². The Morgan fingerprint density at radius 3 is 1.69 bits per heavy atom. The summed E-state index contributed by atoms with van der Waals surface area (Å²) < 4.78 is 55.9. The molecule has 2 saturated heterocycles. The van der Waals surface area contributed by atoms with Crippen LogP contribution in [0.15, 0.2) is 36.4 Å². The SMILES string of the molecule is C[N+]1(C)[C@@H]2CC[C@@H]1CC(CC(O)(c1ccc(F)c(F)c1)c1ccc(F)c(F)c1)C2. The summed E-state index contributed by atoms with van der Waals surface area (Å²) in [7, 11) is 4.46. The Morgan fingerprint density at radius 1 is 0.828 bits per heavy atom. The van der Waals surface area contributed by atoms with Gasteiger partial charge in [0.1, 0.15) is 5.60 Å². The number of hydrogen-bond donors (Lipinski definition) is 1. The first-order valence-electron chi connectivity index (χ1n) is 10.1. The highest BCUT2D eigenvalue weighted by Crippen LogP contribution is 2.47. The van der Waals surface area contributed by atoms with Crippen molar-refractivity contribution in [3.63, 3.8) is 0 Å². The molecular weight excluding hydrogens is 382 g/mol. The molecule has 2 nitrogen and oxygen atoms in total. The van der Waals surface area contributed by atoms with Gasteiger partial charge in [-0.25, -0.2) is 17.6 Å². The predicted octanol–water partition coefficient (Wildman–Crippen LogP) is 4.89. The van der Waals surface area contributed by atoms with E-state index in [0.717, 1.165) is 54.4 Å². The fraction of sp³-hybridized carbons (Fsp3) is 0.478. The van der Waals surface area contributed by atoms with E-state index in [1.54, 1.807) is 0 Å².